The van der Waals surface area contributed by atoms with E-state index in [0.717, 1.165) is 5.56 Å². The molecule has 0 spiro atoms. The van der Waals surface area contributed by atoms with Crippen molar-refractivity contribution in [2.24, 2.45) is 10.1 Å². The van der Waals surface area contributed by atoms with Crippen LogP contribution in [0.4, 0.5) is 5.69 Å². The molecule has 0 bridgehead atoms. The predicted molar refractivity (Wildman–Crippen MR) is 100 cm³/mol. The SMILES string of the molecule is C/C=N/NC(C)=Nc1ccc(OC)cc1C(=N)c1ccc(Cl)cc1. The zero-order valence-corrected chi connectivity index (χ0v) is 14.6. The number of rotatable bonds is 5. The minimum atomic E-state index is 0.344. The standard InChI is InChI=1S/C18H19ClN4O/c1-4-21-23-12(2)22-17-10-9-15(24-3)11-16(17)18(20)13-5-7-14(19)8-6-13/h4-11,20H,1-3H3,(H,22,23)/b20-18?,21-4+. The number of hydrogen-bond donors (Lipinski definition) is 2. The topological polar surface area (TPSA) is 69.8 Å². The van der Waals surface area contributed by atoms with Crippen LogP contribution in [-0.2, 0) is 0 Å². The molecule has 6 heteroatoms. The molecule has 0 aliphatic heterocycles. The number of amidine groups is 1. The average Bonchev–Trinajstić information content (AvgIpc) is 2.60. The zero-order valence-electron chi connectivity index (χ0n) is 13.8. The van der Waals surface area contributed by atoms with Crippen molar-refractivity contribution in [2.75, 3.05) is 7.11 Å². The van der Waals surface area contributed by atoms with Gasteiger partial charge < -0.3 is 4.74 Å². The van der Waals surface area contributed by atoms with E-state index in [9.17, 15) is 0 Å². The fourth-order valence-corrected chi connectivity index (χ4v) is 2.20. The second-order valence-corrected chi connectivity index (χ2v) is 5.40. The van der Waals surface area contributed by atoms with Crippen LogP contribution in [0.15, 0.2) is 52.6 Å². The molecular formula is C18H19ClN4O. The lowest BCUT2D eigenvalue weighted by Gasteiger charge is -2.11. The maximum absolute atomic E-state index is 8.52. The first-order valence-corrected chi connectivity index (χ1v) is 7.75. The van der Waals surface area contributed by atoms with E-state index < -0.39 is 0 Å². The van der Waals surface area contributed by atoms with Crippen LogP contribution < -0.4 is 10.2 Å². The molecule has 0 amide bonds. The number of nitrogens with one attached hydrogen (secondary N) is 2. The lowest BCUT2D eigenvalue weighted by atomic mass is 10.0. The molecule has 0 atom stereocenters. The number of halogens is 1. The Morgan fingerprint density at radius 3 is 2.54 bits per heavy atom. The highest BCUT2D eigenvalue weighted by Gasteiger charge is 2.12. The summed E-state index contributed by atoms with van der Waals surface area (Å²) in [6.07, 6.45) is 1.64. The van der Waals surface area contributed by atoms with E-state index in [0.29, 0.717) is 33.6 Å². The van der Waals surface area contributed by atoms with Crippen molar-refractivity contribution in [2.45, 2.75) is 13.8 Å². The fourth-order valence-electron chi connectivity index (χ4n) is 2.08. The van der Waals surface area contributed by atoms with Crippen molar-refractivity contribution in [3.63, 3.8) is 0 Å². The predicted octanol–water partition coefficient (Wildman–Crippen LogP) is 4.41. The van der Waals surface area contributed by atoms with Gasteiger partial charge in [0.1, 0.15) is 11.6 Å². The Bertz CT molecular complexity index is 782. The highest BCUT2D eigenvalue weighted by atomic mass is 35.5. The normalized spacial score (nSPS) is 11.6. The first-order chi connectivity index (χ1) is 11.5. The first-order valence-electron chi connectivity index (χ1n) is 7.37. The molecule has 0 heterocycles. The maximum atomic E-state index is 8.52. The van der Waals surface area contributed by atoms with Gasteiger partial charge in [-0.15, -0.1) is 0 Å². The van der Waals surface area contributed by atoms with Crippen molar-refractivity contribution in [3.05, 3.63) is 58.6 Å². The lowest BCUT2D eigenvalue weighted by molar-refractivity contribution is 0.415. The monoisotopic (exact) mass is 342 g/mol. The summed E-state index contributed by atoms with van der Waals surface area (Å²) in [7, 11) is 1.59. The highest BCUT2D eigenvalue weighted by Crippen LogP contribution is 2.27. The summed E-state index contributed by atoms with van der Waals surface area (Å²) >= 11 is 5.92. The van der Waals surface area contributed by atoms with Gasteiger partial charge in [0.25, 0.3) is 0 Å². The Balaban J connectivity index is 2.45. The van der Waals surface area contributed by atoms with Crippen LogP contribution in [0.3, 0.4) is 0 Å². The molecule has 24 heavy (non-hydrogen) atoms. The lowest BCUT2D eigenvalue weighted by Crippen LogP contribution is -2.13. The largest absolute Gasteiger partial charge is 0.497 e. The molecule has 0 aliphatic rings. The zero-order chi connectivity index (χ0) is 17.5. The van der Waals surface area contributed by atoms with Crippen LogP contribution in [0, 0.1) is 5.41 Å². The third-order valence-corrected chi connectivity index (χ3v) is 3.50. The summed E-state index contributed by atoms with van der Waals surface area (Å²) in [5.41, 5.74) is 5.24. The van der Waals surface area contributed by atoms with Crippen molar-refractivity contribution in [3.8, 4) is 5.75 Å². The van der Waals surface area contributed by atoms with E-state index in [2.05, 4.69) is 15.5 Å². The van der Waals surface area contributed by atoms with Crippen LogP contribution in [0.2, 0.25) is 5.02 Å². The molecule has 2 aromatic carbocycles. The molecule has 0 fully saturated rings. The summed E-state index contributed by atoms with van der Waals surface area (Å²) in [6, 6.07) is 12.6. The van der Waals surface area contributed by atoms with Gasteiger partial charge in [-0.1, -0.05) is 23.7 Å². The Morgan fingerprint density at radius 2 is 1.92 bits per heavy atom. The summed E-state index contributed by atoms with van der Waals surface area (Å²) < 4.78 is 5.28. The molecule has 2 rings (SSSR count). The third kappa shape index (κ3) is 4.43. The fraction of sp³-hybridized carbons (Fsp3) is 0.167. The molecule has 5 nitrogen and oxygen atoms in total. The number of nitrogens with zero attached hydrogens (tertiary/aromatic N) is 2. The Labute approximate surface area is 146 Å². The Kier molecular flexibility index (Phi) is 6.09. The van der Waals surface area contributed by atoms with Crippen molar-refractivity contribution >= 4 is 35.1 Å². The van der Waals surface area contributed by atoms with E-state index in [-0.39, 0.29) is 0 Å². The van der Waals surface area contributed by atoms with E-state index >= 15 is 0 Å². The second-order valence-electron chi connectivity index (χ2n) is 4.96. The molecule has 2 N–H and O–H groups in total. The summed E-state index contributed by atoms with van der Waals surface area (Å²) in [5, 5.41) is 13.1. The maximum Gasteiger partial charge on any atom is 0.119 e. The molecule has 0 saturated heterocycles. The van der Waals surface area contributed by atoms with Crippen LogP contribution in [0.1, 0.15) is 25.0 Å². The molecular weight excluding hydrogens is 324 g/mol. The molecule has 2 aromatic rings. The van der Waals surface area contributed by atoms with Gasteiger partial charge >= 0.3 is 0 Å². The Morgan fingerprint density at radius 1 is 1.21 bits per heavy atom. The van der Waals surface area contributed by atoms with Gasteiger partial charge in [-0.25, -0.2) is 4.99 Å². The summed E-state index contributed by atoms with van der Waals surface area (Å²) in [5.74, 6) is 1.29. The van der Waals surface area contributed by atoms with Gasteiger partial charge in [-0.2, -0.15) is 5.10 Å². The van der Waals surface area contributed by atoms with Crippen LogP contribution in [-0.4, -0.2) is 24.9 Å². The minimum Gasteiger partial charge on any atom is -0.497 e. The van der Waals surface area contributed by atoms with Crippen LogP contribution in [0.5, 0.6) is 5.75 Å². The van der Waals surface area contributed by atoms with Gasteiger partial charge in [-0.3, -0.25) is 10.8 Å². The van der Waals surface area contributed by atoms with Crippen LogP contribution >= 0.6 is 11.6 Å². The van der Waals surface area contributed by atoms with Gasteiger partial charge in [-0.05, 0) is 44.2 Å². The number of methoxy groups -OCH3 is 1. The first kappa shape index (κ1) is 17.7. The minimum absolute atomic E-state index is 0.344. The number of benzene rings is 2. The van der Waals surface area contributed by atoms with Gasteiger partial charge in [0.2, 0.25) is 0 Å². The molecule has 124 valence electrons. The quantitative estimate of drug-likeness (QED) is 0.480. The van der Waals surface area contributed by atoms with Crippen molar-refractivity contribution < 1.29 is 4.74 Å². The number of hydrazone groups is 1. The van der Waals surface area contributed by atoms with E-state index in [1.54, 1.807) is 31.5 Å². The van der Waals surface area contributed by atoms with Crippen LogP contribution in [0.25, 0.3) is 0 Å². The summed E-state index contributed by atoms with van der Waals surface area (Å²) in [4.78, 5) is 4.51. The molecule has 0 radical (unpaired) electrons. The number of hydrogen-bond acceptors (Lipinski definition) is 4. The summed E-state index contributed by atoms with van der Waals surface area (Å²) in [6.45, 7) is 3.63. The Hall–Kier alpha value is -2.66. The molecule has 0 aromatic heterocycles. The van der Waals surface area contributed by atoms with Crippen molar-refractivity contribution in [1.29, 1.82) is 5.41 Å². The number of ether oxygens (including phenoxy) is 1. The average molecular weight is 343 g/mol. The van der Waals surface area contributed by atoms with E-state index in [4.69, 9.17) is 21.7 Å². The third-order valence-electron chi connectivity index (χ3n) is 3.25. The van der Waals surface area contributed by atoms with Gasteiger partial charge in [0.05, 0.1) is 18.5 Å². The van der Waals surface area contributed by atoms with Gasteiger partial charge in [0, 0.05) is 22.4 Å². The van der Waals surface area contributed by atoms with E-state index in [1.165, 1.54) is 0 Å². The van der Waals surface area contributed by atoms with Crippen molar-refractivity contribution in [1.82, 2.24) is 5.43 Å². The molecule has 0 aliphatic carbocycles. The molecule has 0 unspecified atom stereocenters. The second kappa shape index (κ2) is 8.26. The highest BCUT2D eigenvalue weighted by molar-refractivity contribution is 6.30. The van der Waals surface area contributed by atoms with Gasteiger partial charge in [0.15, 0.2) is 0 Å². The number of aliphatic imine (C=N–C) groups is 1. The molecule has 0 saturated carbocycles. The smallest absolute Gasteiger partial charge is 0.119 e. The van der Waals surface area contributed by atoms with E-state index in [1.807, 2.05) is 38.1 Å².